The van der Waals surface area contributed by atoms with Gasteiger partial charge in [-0.15, -0.1) is 5.10 Å². The number of nitrogens with two attached hydrogens (primary N) is 1. The molecule has 0 radical (unpaired) electrons. The van der Waals surface area contributed by atoms with Crippen LogP contribution in [0.2, 0.25) is 0 Å². The molecule has 0 aromatic carbocycles. The van der Waals surface area contributed by atoms with Gasteiger partial charge in [-0.25, -0.2) is 0 Å². The van der Waals surface area contributed by atoms with Gasteiger partial charge in [-0.3, -0.25) is 11.3 Å². The van der Waals surface area contributed by atoms with Crippen molar-refractivity contribution in [2.24, 2.45) is 11.8 Å². The van der Waals surface area contributed by atoms with Gasteiger partial charge in [0, 0.05) is 5.92 Å². The van der Waals surface area contributed by atoms with E-state index in [1.807, 2.05) is 6.92 Å². The van der Waals surface area contributed by atoms with Gasteiger partial charge in [0.1, 0.15) is 0 Å². The third-order valence-corrected chi connectivity index (χ3v) is 4.60. The molecule has 2 atom stereocenters. The van der Waals surface area contributed by atoms with Crippen LogP contribution in [0.25, 0.3) is 0 Å². The van der Waals surface area contributed by atoms with Crippen LogP contribution in [-0.4, -0.2) is 20.8 Å². The Bertz CT molecular complexity index is 429. The second kappa shape index (κ2) is 4.52. The Kier molecular flexibility index (Phi) is 3.48. The molecule has 0 spiro atoms. The molecule has 102 valence electrons. The highest BCUT2D eigenvalue weighted by molar-refractivity contribution is 7.05. The number of rotatable bonds is 3. The van der Waals surface area contributed by atoms with E-state index in [-0.39, 0.29) is 17.2 Å². The molecule has 1 fully saturated rings. The van der Waals surface area contributed by atoms with Crippen molar-refractivity contribution < 1.29 is 4.74 Å². The lowest BCUT2D eigenvalue weighted by Gasteiger charge is -2.32. The normalized spacial score (nSPS) is 27.3. The van der Waals surface area contributed by atoms with Gasteiger partial charge in [0.25, 0.3) is 0 Å². The molecule has 6 heteroatoms. The minimum absolute atomic E-state index is 0.0433. The molecule has 2 unspecified atom stereocenters. The summed E-state index contributed by atoms with van der Waals surface area (Å²) < 4.78 is 10.1. The van der Waals surface area contributed by atoms with Crippen molar-refractivity contribution in [3.05, 3.63) is 10.6 Å². The van der Waals surface area contributed by atoms with Gasteiger partial charge < -0.3 is 4.74 Å². The Hall–Kier alpha value is -0.560. The first-order chi connectivity index (χ1) is 8.27. The van der Waals surface area contributed by atoms with Crippen LogP contribution in [0.5, 0.6) is 0 Å². The summed E-state index contributed by atoms with van der Waals surface area (Å²) in [6.07, 6.45) is 0.964. The number of nitrogens with one attached hydrogen (secondary N) is 1. The van der Waals surface area contributed by atoms with Crippen LogP contribution >= 0.6 is 11.5 Å². The number of hydrogen-bond acceptors (Lipinski definition) is 6. The predicted octanol–water partition coefficient (Wildman–Crippen LogP) is 1.94. The minimum atomic E-state index is -0.211. The predicted molar refractivity (Wildman–Crippen MR) is 72.1 cm³/mol. The van der Waals surface area contributed by atoms with E-state index in [1.54, 1.807) is 0 Å². The lowest BCUT2D eigenvalue weighted by Crippen LogP contribution is -2.41. The van der Waals surface area contributed by atoms with Crippen LogP contribution in [0, 0.1) is 12.8 Å². The molecule has 0 aliphatic carbocycles. The van der Waals surface area contributed by atoms with Gasteiger partial charge in [-0.1, -0.05) is 4.49 Å². The topological polar surface area (TPSA) is 73.1 Å². The summed E-state index contributed by atoms with van der Waals surface area (Å²) in [4.78, 5) is 1.11. The zero-order valence-corrected chi connectivity index (χ0v) is 12.5. The number of aromatic nitrogens is 2. The maximum atomic E-state index is 6.14. The fraction of sp³-hybridized carbons (Fsp3) is 0.833. The van der Waals surface area contributed by atoms with Crippen LogP contribution in [-0.2, 0) is 4.74 Å². The van der Waals surface area contributed by atoms with E-state index < -0.39 is 0 Å². The number of hydrogen-bond donors (Lipinski definition) is 2. The van der Waals surface area contributed by atoms with Crippen molar-refractivity contribution >= 4 is 11.5 Å². The lowest BCUT2D eigenvalue weighted by molar-refractivity contribution is -0.0778. The summed E-state index contributed by atoms with van der Waals surface area (Å²) in [5.74, 6) is 6.07. The van der Waals surface area contributed by atoms with E-state index in [1.165, 1.54) is 11.5 Å². The Balaban J connectivity index is 2.32. The molecule has 1 saturated heterocycles. The third kappa shape index (κ3) is 2.42. The first-order valence-electron chi connectivity index (χ1n) is 6.22. The minimum Gasteiger partial charge on any atom is -0.369 e. The molecule has 18 heavy (non-hydrogen) atoms. The van der Waals surface area contributed by atoms with Crippen molar-refractivity contribution in [3.8, 4) is 0 Å². The van der Waals surface area contributed by atoms with Gasteiger partial charge in [0.15, 0.2) is 0 Å². The summed E-state index contributed by atoms with van der Waals surface area (Å²) >= 11 is 1.41. The largest absolute Gasteiger partial charge is 0.369 e. The zero-order chi connectivity index (χ0) is 13.6. The maximum Gasteiger partial charge on any atom is 0.0773 e. The lowest BCUT2D eigenvalue weighted by atomic mass is 9.81. The molecule has 1 aliphatic rings. The van der Waals surface area contributed by atoms with Crippen LogP contribution in [0.15, 0.2) is 0 Å². The maximum absolute atomic E-state index is 6.14. The zero-order valence-electron chi connectivity index (χ0n) is 11.7. The van der Waals surface area contributed by atoms with Crippen molar-refractivity contribution in [2.45, 2.75) is 58.3 Å². The van der Waals surface area contributed by atoms with Crippen LogP contribution in [0.4, 0.5) is 0 Å². The molecule has 2 rings (SSSR count). The van der Waals surface area contributed by atoms with Crippen molar-refractivity contribution in [2.75, 3.05) is 0 Å². The number of nitrogens with zero attached hydrogens (tertiary/aromatic N) is 2. The first kappa shape index (κ1) is 13.9. The van der Waals surface area contributed by atoms with Gasteiger partial charge >= 0.3 is 0 Å². The van der Waals surface area contributed by atoms with E-state index in [0.29, 0.717) is 5.92 Å². The molecule has 1 aromatic rings. The van der Waals surface area contributed by atoms with E-state index in [2.05, 4.69) is 42.7 Å². The molecule has 0 amide bonds. The summed E-state index contributed by atoms with van der Waals surface area (Å²) in [5.41, 5.74) is 3.55. The van der Waals surface area contributed by atoms with Crippen LogP contribution in [0.3, 0.4) is 0 Å². The SMILES string of the molecule is Cc1nnsc1C(NN)C1CC(C)(C)OC1(C)C. The Morgan fingerprint density at radius 3 is 2.50 bits per heavy atom. The van der Waals surface area contributed by atoms with Crippen LogP contribution in [0.1, 0.15) is 50.7 Å². The quantitative estimate of drug-likeness (QED) is 0.648. The molecule has 3 N–H and O–H groups in total. The van der Waals surface area contributed by atoms with E-state index in [4.69, 9.17) is 10.6 Å². The second-order valence-electron chi connectivity index (χ2n) is 6.14. The molecule has 1 aromatic heterocycles. The average molecular weight is 270 g/mol. The second-order valence-corrected chi connectivity index (χ2v) is 6.93. The number of aryl methyl sites for hydroxylation is 1. The Morgan fingerprint density at radius 2 is 2.11 bits per heavy atom. The monoisotopic (exact) mass is 270 g/mol. The molecule has 2 heterocycles. The smallest absolute Gasteiger partial charge is 0.0773 e. The molecule has 5 nitrogen and oxygen atoms in total. The summed E-state index contributed by atoms with van der Waals surface area (Å²) in [5, 5.41) is 4.07. The van der Waals surface area contributed by atoms with E-state index in [0.717, 1.165) is 17.0 Å². The molecular formula is C12H22N4OS. The highest BCUT2D eigenvalue weighted by Crippen LogP contribution is 2.48. The Morgan fingerprint density at radius 1 is 1.44 bits per heavy atom. The molecule has 0 bridgehead atoms. The van der Waals surface area contributed by atoms with Gasteiger partial charge in [0.2, 0.25) is 0 Å². The fourth-order valence-electron chi connectivity index (χ4n) is 3.02. The third-order valence-electron chi connectivity index (χ3n) is 3.69. The first-order valence-corrected chi connectivity index (χ1v) is 6.99. The summed E-state index contributed by atoms with van der Waals surface area (Å²) in [6, 6.07) is 0.0433. The van der Waals surface area contributed by atoms with E-state index >= 15 is 0 Å². The standard InChI is InChI=1S/C12H22N4OS/c1-7-10(18-16-15-7)9(14-13)8-6-11(2,3)17-12(8,4)5/h8-9,14H,6,13H2,1-5H3. The van der Waals surface area contributed by atoms with E-state index in [9.17, 15) is 0 Å². The van der Waals surface area contributed by atoms with Gasteiger partial charge in [-0.05, 0) is 52.6 Å². The highest BCUT2D eigenvalue weighted by Gasteiger charge is 2.49. The van der Waals surface area contributed by atoms with Crippen molar-refractivity contribution in [1.29, 1.82) is 0 Å². The Labute approximate surface area is 112 Å². The highest BCUT2D eigenvalue weighted by atomic mass is 32.1. The molecular weight excluding hydrogens is 248 g/mol. The summed E-state index contributed by atoms with van der Waals surface area (Å²) in [6.45, 7) is 10.5. The molecule has 0 saturated carbocycles. The fourth-order valence-corrected chi connectivity index (χ4v) is 3.79. The number of ether oxygens (including phenoxy) is 1. The van der Waals surface area contributed by atoms with Gasteiger partial charge in [0.05, 0.1) is 27.8 Å². The average Bonchev–Trinajstić information content (AvgIpc) is 2.71. The summed E-state index contributed by atoms with van der Waals surface area (Å²) in [7, 11) is 0. The van der Waals surface area contributed by atoms with Crippen molar-refractivity contribution in [1.82, 2.24) is 15.0 Å². The van der Waals surface area contributed by atoms with Crippen molar-refractivity contribution in [3.63, 3.8) is 0 Å². The number of hydrazine groups is 1. The van der Waals surface area contributed by atoms with Crippen LogP contribution < -0.4 is 11.3 Å². The molecule has 1 aliphatic heterocycles. The van der Waals surface area contributed by atoms with Gasteiger partial charge in [-0.2, -0.15) is 0 Å².